The van der Waals surface area contributed by atoms with Gasteiger partial charge in [0.1, 0.15) is 0 Å². The zero-order valence-electron chi connectivity index (χ0n) is 20.1. The zero-order chi connectivity index (χ0) is 25.8. The largest absolute Gasteiger partial charge is 0.493 e. The first kappa shape index (κ1) is 27.8. The van der Waals surface area contributed by atoms with E-state index in [0.29, 0.717) is 58.7 Å². The molecule has 0 spiro atoms. The number of fused-ring (bicyclic) bond motifs is 1. The van der Waals surface area contributed by atoms with E-state index in [1.807, 2.05) is 29.0 Å². The lowest BCUT2D eigenvalue weighted by Gasteiger charge is -2.23. The number of rotatable bonds is 10. The Morgan fingerprint density at radius 3 is 2.23 bits per heavy atom. The van der Waals surface area contributed by atoms with Gasteiger partial charge in [-0.05, 0) is 93.7 Å². The minimum Gasteiger partial charge on any atom is -0.493 e. The van der Waals surface area contributed by atoms with E-state index in [0.717, 1.165) is 24.0 Å². The Morgan fingerprint density at radius 2 is 1.63 bits per heavy atom. The molecule has 2 N–H and O–H groups in total. The van der Waals surface area contributed by atoms with Crippen LogP contribution in [0, 0.1) is 0 Å². The standard InChI is InChI=1S/C24H31Br2N3O5S/c1-28(9-10-35(31,32)18-14-19(25)24(27)20(26)15-18)6-4-7-29-8-5-16-11-21(33-2)22(34-3)12-17(16)13-23(29)30/h11-12,14-15H,4-10,13,27H2,1-3H3. The number of hydrogen-bond acceptors (Lipinski definition) is 7. The van der Waals surface area contributed by atoms with E-state index in [4.69, 9.17) is 15.2 Å². The summed E-state index contributed by atoms with van der Waals surface area (Å²) < 4.78 is 37.4. The number of methoxy groups -OCH3 is 2. The van der Waals surface area contributed by atoms with Gasteiger partial charge in [0.2, 0.25) is 5.91 Å². The fraction of sp³-hybridized carbons (Fsp3) is 0.458. The third kappa shape index (κ3) is 6.90. The highest BCUT2D eigenvalue weighted by Gasteiger charge is 2.23. The highest BCUT2D eigenvalue weighted by Crippen LogP contribution is 2.33. The molecule has 0 unspecified atom stereocenters. The summed E-state index contributed by atoms with van der Waals surface area (Å²) in [6.07, 6.45) is 1.84. The first-order valence-corrected chi connectivity index (χ1v) is 14.5. The van der Waals surface area contributed by atoms with Crippen LogP contribution in [0.1, 0.15) is 17.5 Å². The van der Waals surface area contributed by atoms with Gasteiger partial charge in [-0.1, -0.05) is 0 Å². The van der Waals surface area contributed by atoms with Crippen LogP contribution in [0.3, 0.4) is 0 Å². The van der Waals surface area contributed by atoms with Crippen LogP contribution in [0.25, 0.3) is 0 Å². The van der Waals surface area contributed by atoms with Crippen LogP contribution in [-0.2, 0) is 27.5 Å². The summed E-state index contributed by atoms with van der Waals surface area (Å²) in [4.78, 5) is 16.9. The predicted molar refractivity (Wildman–Crippen MR) is 144 cm³/mol. The number of nitrogens with zero attached hydrogens (tertiary/aromatic N) is 2. The summed E-state index contributed by atoms with van der Waals surface area (Å²) in [5.41, 5.74) is 8.40. The smallest absolute Gasteiger partial charge is 0.227 e. The number of carbonyl (C=O) groups excluding carboxylic acids is 1. The lowest BCUT2D eigenvalue weighted by atomic mass is 10.0. The maximum Gasteiger partial charge on any atom is 0.227 e. The van der Waals surface area contributed by atoms with E-state index in [1.54, 1.807) is 14.2 Å². The quantitative estimate of drug-likeness (QED) is 0.400. The second kappa shape index (κ2) is 11.9. The average molecular weight is 633 g/mol. The monoisotopic (exact) mass is 631 g/mol. The molecule has 35 heavy (non-hydrogen) atoms. The molecule has 2 aromatic rings. The third-order valence-electron chi connectivity index (χ3n) is 6.17. The summed E-state index contributed by atoms with van der Waals surface area (Å²) in [5.74, 6) is 1.37. The number of nitrogens with two attached hydrogens (primary N) is 1. The van der Waals surface area contributed by atoms with Crippen molar-refractivity contribution in [2.75, 3.05) is 58.9 Å². The van der Waals surface area contributed by atoms with Crippen molar-refractivity contribution < 1.29 is 22.7 Å². The van der Waals surface area contributed by atoms with Crippen molar-refractivity contribution in [3.8, 4) is 11.5 Å². The molecule has 3 rings (SSSR count). The first-order valence-electron chi connectivity index (χ1n) is 11.2. The van der Waals surface area contributed by atoms with Gasteiger partial charge < -0.3 is 25.0 Å². The van der Waals surface area contributed by atoms with Crippen LogP contribution in [0.2, 0.25) is 0 Å². The molecular formula is C24H31Br2N3O5S. The summed E-state index contributed by atoms with van der Waals surface area (Å²) in [7, 11) is 1.62. The van der Waals surface area contributed by atoms with Crippen LogP contribution < -0.4 is 15.2 Å². The third-order valence-corrected chi connectivity index (χ3v) is 9.16. The van der Waals surface area contributed by atoms with Gasteiger partial charge in [-0.3, -0.25) is 4.79 Å². The van der Waals surface area contributed by atoms with E-state index in [1.165, 1.54) is 12.1 Å². The van der Waals surface area contributed by atoms with Gasteiger partial charge in [-0.15, -0.1) is 0 Å². The fourth-order valence-electron chi connectivity index (χ4n) is 4.03. The molecule has 1 heterocycles. The molecular weight excluding hydrogens is 602 g/mol. The van der Waals surface area contributed by atoms with Crippen LogP contribution in [0.4, 0.5) is 5.69 Å². The molecule has 1 amide bonds. The Labute approximate surface area is 223 Å². The normalized spacial score (nSPS) is 14.1. The molecule has 0 fully saturated rings. The highest BCUT2D eigenvalue weighted by atomic mass is 79.9. The van der Waals surface area contributed by atoms with Gasteiger partial charge in [0, 0.05) is 28.6 Å². The zero-order valence-corrected chi connectivity index (χ0v) is 24.1. The van der Waals surface area contributed by atoms with Crippen molar-refractivity contribution in [3.05, 3.63) is 44.3 Å². The Morgan fingerprint density at radius 1 is 1.03 bits per heavy atom. The van der Waals surface area contributed by atoms with Crippen molar-refractivity contribution in [1.29, 1.82) is 0 Å². The van der Waals surface area contributed by atoms with Gasteiger partial charge in [-0.25, -0.2) is 8.42 Å². The molecule has 8 nitrogen and oxygen atoms in total. The second-order valence-electron chi connectivity index (χ2n) is 8.56. The number of hydrogen-bond donors (Lipinski definition) is 1. The molecule has 0 saturated carbocycles. The topological polar surface area (TPSA) is 102 Å². The molecule has 0 aromatic heterocycles. The number of ether oxygens (including phenoxy) is 2. The number of nitrogen functional groups attached to an aromatic ring is 1. The molecule has 0 atom stereocenters. The van der Waals surface area contributed by atoms with Gasteiger partial charge in [0.05, 0.1) is 37.0 Å². The molecule has 1 aliphatic rings. The lowest BCUT2D eigenvalue weighted by Crippen LogP contribution is -2.35. The van der Waals surface area contributed by atoms with E-state index < -0.39 is 9.84 Å². The summed E-state index contributed by atoms with van der Waals surface area (Å²) >= 11 is 6.60. The van der Waals surface area contributed by atoms with Gasteiger partial charge >= 0.3 is 0 Å². The van der Waals surface area contributed by atoms with E-state index >= 15 is 0 Å². The first-order chi connectivity index (χ1) is 16.6. The van der Waals surface area contributed by atoms with E-state index in [-0.39, 0.29) is 16.6 Å². The minimum atomic E-state index is -3.46. The fourth-order valence-corrected chi connectivity index (χ4v) is 6.90. The molecule has 0 saturated heterocycles. The second-order valence-corrected chi connectivity index (χ2v) is 12.4. The Hall–Kier alpha value is -1.82. The van der Waals surface area contributed by atoms with Crippen molar-refractivity contribution in [3.63, 3.8) is 0 Å². The summed E-state index contributed by atoms with van der Waals surface area (Å²) in [5, 5.41) is 0. The maximum absolute atomic E-state index is 12.8. The number of carbonyl (C=O) groups is 1. The molecule has 0 radical (unpaired) electrons. The van der Waals surface area contributed by atoms with Gasteiger partial charge in [0.25, 0.3) is 0 Å². The van der Waals surface area contributed by atoms with Gasteiger partial charge in [-0.2, -0.15) is 0 Å². The molecule has 11 heteroatoms. The van der Waals surface area contributed by atoms with Crippen LogP contribution in [0.5, 0.6) is 11.5 Å². The van der Waals surface area contributed by atoms with Crippen molar-refractivity contribution in [2.24, 2.45) is 0 Å². The number of halogens is 2. The number of sulfone groups is 1. The van der Waals surface area contributed by atoms with E-state index in [9.17, 15) is 13.2 Å². The van der Waals surface area contributed by atoms with Crippen molar-refractivity contribution in [1.82, 2.24) is 9.80 Å². The number of amides is 1. The van der Waals surface area contributed by atoms with Crippen LogP contribution in [0.15, 0.2) is 38.1 Å². The molecule has 2 aromatic carbocycles. The molecule has 0 bridgehead atoms. The Kier molecular flexibility index (Phi) is 9.47. The molecule has 0 aliphatic carbocycles. The lowest BCUT2D eigenvalue weighted by molar-refractivity contribution is -0.130. The van der Waals surface area contributed by atoms with Crippen LogP contribution in [-0.4, -0.2) is 77.3 Å². The summed E-state index contributed by atoms with van der Waals surface area (Å²) in [6, 6.07) is 6.91. The maximum atomic E-state index is 12.8. The number of anilines is 1. The minimum absolute atomic E-state index is 0.00603. The van der Waals surface area contributed by atoms with Gasteiger partial charge in [0.15, 0.2) is 21.3 Å². The Bertz CT molecular complexity index is 1170. The summed E-state index contributed by atoms with van der Waals surface area (Å²) in [6.45, 7) is 2.33. The average Bonchev–Trinajstić information content (AvgIpc) is 2.97. The van der Waals surface area contributed by atoms with Crippen molar-refractivity contribution >= 4 is 53.3 Å². The van der Waals surface area contributed by atoms with E-state index in [2.05, 4.69) is 31.9 Å². The number of benzene rings is 2. The molecule has 1 aliphatic heterocycles. The molecule has 192 valence electrons. The Balaban J connectivity index is 1.51. The highest BCUT2D eigenvalue weighted by molar-refractivity contribution is 9.11. The van der Waals surface area contributed by atoms with Crippen molar-refractivity contribution in [2.45, 2.75) is 24.2 Å². The SMILES string of the molecule is COc1cc2c(cc1OC)CC(=O)N(CCCN(C)CCS(=O)(=O)c1cc(Br)c(N)c(Br)c1)CC2. The predicted octanol–water partition coefficient (Wildman–Crippen LogP) is 3.53. The van der Waals surface area contributed by atoms with Crippen LogP contribution >= 0.6 is 31.9 Å².